The normalized spacial score (nSPS) is 9.81. The minimum absolute atomic E-state index is 0.277. The molecule has 0 aliphatic carbocycles. The van der Waals surface area contributed by atoms with E-state index >= 15 is 0 Å². The van der Waals surface area contributed by atoms with Crippen LogP contribution in [0.15, 0.2) is 48.5 Å². The zero-order valence-electron chi connectivity index (χ0n) is 11.7. The molecule has 0 aromatic heterocycles. The zero-order valence-corrected chi connectivity index (χ0v) is 11.7. The SMILES string of the molecule is COC(=O)c1cccc(OC(=O)c2ccc(OC)cc2)c1. The fourth-order valence-corrected chi connectivity index (χ4v) is 1.70. The molecule has 0 unspecified atom stereocenters. The molecule has 5 heteroatoms. The lowest BCUT2D eigenvalue weighted by atomic mass is 10.2. The van der Waals surface area contributed by atoms with E-state index in [0.717, 1.165) is 0 Å². The van der Waals surface area contributed by atoms with Crippen LogP contribution in [0.4, 0.5) is 0 Å². The number of carbonyl (C=O) groups is 2. The quantitative estimate of drug-likeness (QED) is 0.639. The highest BCUT2D eigenvalue weighted by Crippen LogP contribution is 2.17. The van der Waals surface area contributed by atoms with Gasteiger partial charge in [0.1, 0.15) is 11.5 Å². The van der Waals surface area contributed by atoms with Crippen molar-refractivity contribution in [1.82, 2.24) is 0 Å². The summed E-state index contributed by atoms with van der Waals surface area (Å²) in [6, 6.07) is 12.8. The molecule has 5 nitrogen and oxygen atoms in total. The van der Waals surface area contributed by atoms with Gasteiger partial charge in [0.2, 0.25) is 0 Å². The molecule has 108 valence electrons. The molecule has 0 N–H and O–H groups in total. The highest BCUT2D eigenvalue weighted by molar-refractivity contribution is 5.92. The maximum atomic E-state index is 12.0. The van der Waals surface area contributed by atoms with Gasteiger partial charge in [-0.3, -0.25) is 0 Å². The summed E-state index contributed by atoms with van der Waals surface area (Å²) in [6.45, 7) is 0. The van der Waals surface area contributed by atoms with Crippen LogP contribution in [0.2, 0.25) is 0 Å². The fourth-order valence-electron chi connectivity index (χ4n) is 1.70. The molecule has 2 aromatic rings. The van der Waals surface area contributed by atoms with Crippen LogP contribution < -0.4 is 9.47 Å². The Morgan fingerprint density at radius 2 is 1.52 bits per heavy atom. The van der Waals surface area contributed by atoms with Crippen molar-refractivity contribution in [2.24, 2.45) is 0 Å². The molecule has 0 spiro atoms. The van der Waals surface area contributed by atoms with E-state index in [-0.39, 0.29) is 5.75 Å². The van der Waals surface area contributed by atoms with Gasteiger partial charge >= 0.3 is 11.9 Å². The molecule has 0 aliphatic heterocycles. The number of rotatable bonds is 4. The lowest BCUT2D eigenvalue weighted by molar-refractivity contribution is 0.0597. The Hall–Kier alpha value is -2.82. The predicted octanol–water partition coefficient (Wildman–Crippen LogP) is 2.70. The average molecular weight is 286 g/mol. The van der Waals surface area contributed by atoms with Crippen LogP contribution in [0.25, 0.3) is 0 Å². The minimum atomic E-state index is -0.514. The van der Waals surface area contributed by atoms with E-state index in [2.05, 4.69) is 4.74 Å². The number of carbonyl (C=O) groups excluding carboxylic acids is 2. The lowest BCUT2D eigenvalue weighted by Crippen LogP contribution is -2.09. The first-order chi connectivity index (χ1) is 10.1. The molecule has 0 fully saturated rings. The molecule has 0 aliphatic rings. The summed E-state index contributed by atoms with van der Waals surface area (Å²) in [4.78, 5) is 23.4. The molecular weight excluding hydrogens is 272 g/mol. The molecule has 21 heavy (non-hydrogen) atoms. The van der Waals surface area contributed by atoms with Crippen molar-refractivity contribution in [1.29, 1.82) is 0 Å². The second-order valence-electron chi connectivity index (χ2n) is 4.14. The highest BCUT2D eigenvalue weighted by atomic mass is 16.5. The third kappa shape index (κ3) is 3.60. The van der Waals surface area contributed by atoms with E-state index in [1.807, 2.05) is 0 Å². The Labute approximate surface area is 122 Å². The Morgan fingerprint density at radius 3 is 2.14 bits per heavy atom. The number of benzene rings is 2. The average Bonchev–Trinajstić information content (AvgIpc) is 2.54. The van der Waals surface area contributed by atoms with Crippen molar-refractivity contribution in [3.8, 4) is 11.5 Å². The van der Waals surface area contributed by atoms with Gasteiger partial charge in [-0.2, -0.15) is 0 Å². The summed E-state index contributed by atoms with van der Waals surface area (Å²) in [5.41, 5.74) is 0.705. The van der Waals surface area contributed by atoms with Crippen molar-refractivity contribution < 1.29 is 23.8 Å². The Kier molecular flexibility index (Phi) is 4.56. The van der Waals surface area contributed by atoms with Crippen LogP contribution in [-0.2, 0) is 4.74 Å². The third-order valence-electron chi connectivity index (χ3n) is 2.79. The molecule has 0 heterocycles. The van der Waals surface area contributed by atoms with E-state index in [1.165, 1.54) is 13.2 Å². The maximum absolute atomic E-state index is 12.0. The summed E-state index contributed by atoms with van der Waals surface area (Å²) >= 11 is 0. The summed E-state index contributed by atoms with van der Waals surface area (Å²) in [5.74, 6) is -0.0741. The van der Waals surface area contributed by atoms with Crippen molar-refractivity contribution in [2.45, 2.75) is 0 Å². The maximum Gasteiger partial charge on any atom is 0.343 e. The first-order valence-corrected chi connectivity index (χ1v) is 6.18. The Bertz CT molecular complexity index is 646. The third-order valence-corrected chi connectivity index (χ3v) is 2.79. The Balaban J connectivity index is 2.13. The van der Waals surface area contributed by atoms with Gasteiger partial charge in [0, 0.05) is 0 Å². The van der Waals surface area contributed by atoms with Gasteiger partial charge in [-0.25, -0.2) is 9.59 Å². The first kappa shape index (κ1) is 14.6. The van der Waals surface area contributed by atoms with Gasteiger partial charge in [-0.05, 0) is 42.5 Å². The van der Waals surface area contributed by atoms with Crippen LogP contribution >= 0.6 is 0 Å². The van der Waals surface area contributed by atoms with Crippen LogP contribution in [0.5, 0.6) is 11.5 Å². The standard InChI is InChI=1S/C16H14O5/c1-19-13-8-6-11(7-9-13)16(18)21-14-5-3-4-12(10-14)15(17)20-2/h3-10H,1-2H3. The monoisotopic (exact) mass is 286 g/mol. The van der Waals surface area contributed by atoms with Gasteiger partial charge in [-0.15, -0.1) is 0 Å². The van der Waals surface area contributed by atoms with Crippen molar-refractivity contribution >= 4 is 11.9 Å². The van der Waals surface area contributed by atoms with E-state index < -0.39 is 11.9 Å². The van der Waals surface area contributed by atoms with Crippen LogP contribution in [0, 0.1) is 0 Å². The number of ether oxygens (including phenoxy) is 3. The molecule has 0 radical (unpaired) electrons. The van der Waals surface area contributed by atoms with E-state index in [9.17, 15) is 9.59 Å². The van der Waals surface area contributed by atoms with Gasteiger partial charge < -0.3 is 14.2 Å². The predicted molar refractivity (Wildman–Crippen MR) is 75.7 cm³/mol. The van der Waals surface area contributed by atoms with Crippen molar-refractivity contribution in [3.63, 3.8) is 0 Å². The minimum Gasteiger partial charge on any atom is -0.497 e. The number of methoxy groups -OCH3 is 2. The van der Waals surface area contributed by atoms with Gasteiger partial charge in [0.05, 0.1) is 25.3 Å². The molecule has 0 bridgehead atoms. The number of hydrogen-bond acceptors (Lipinski definition) is 5. The zero-order chi connectivity index (χ0) is 15.2. The van der Waals surface area contributed by atoms with E-state index in [4.69, 9.17) is 9.47 Å². The van der Waals surface area contributed by atoms with Gasteiger partial charge in [0.15, 0.2) is 0 Å². The van der Waals surface area contributed by atoms with Crippen LogP contribution in [0.3, 0.4) is 0 Å². The summed E-state index contributed by atoms with van der Waals surface area (Å²) < 4.78 is 14.9. The van der Waals surface area contributed by atoms with E-state index in [0.29, 0.717) is 16.9 Å². The smallest absolute Gasteiger partial charge is 0.343 e. The molecule has 0 saturated heterocycles. The van der Waals surface area contributed by atoms with Gasteiger partial charge in [-0.1, -0.05) is 6.07 Å². The van der Waals surface area contributed by atoms with Crippen LogP contribution in [0.1, 0.15) is 20.7 Å². The second kappa shape index (κ2) is 6.56. The van der Waals surface area contributed by atoms with Crippen molar-refractivity contribution in [3.05, 3.63) is 59.7 Å². The van der Waals surface area contributed by atoms with E-state index in [1.54, 1.807) is 49.6 Å². The summed E-state index contributed by atoms with van der Waals surface area (Å²) in [7, 11) is 2.84. The number of esters is 2. The molecule has 0 amide bonds. The largest absolute Gasteiger partial charge is 0.497 e. The fraction of sp³-hybridized carbons (Fsp3) is 0.125. The molecule has 2 rings (SSSR count). The summed E-state index contributed by atoms with van der Waals surface area (Å²) in [6.07, 6.45) is 0. The Morgan fingerprint density at radius 1 is 0.810 bits per heavy atom. The van der Waals surface area contributed by atoms with Crippen LogP contribution in [-0.4, -0.2) is 26.2 Å². The molecule has 0 saturated carbocycles. The molecule has 2 aromatic carbocycles. The van der Waals surface area contributed by atoms with Crippen molar-refractivity contribution in [2.75, 3.05) is 14.2 Å². The number of hydrogen-bond donors (Lipinski definition) is 0. The van der Waals surface area contributed by atoms with Gasteiger partial charge in [0.25, 0.3) is 0 Å². The molecular formula is C16H14O5. The summed E-state index contributed by atoms with van der Waals surface area (Å²) in [5, 5.41) is 0. The lowest BCUT2D eigenvalue weighted by Gasteiger charge is -2.06. The second-order valence-corrected chi connectivity index (χ2v) is 4.14. The first-order valence-electron chi connectivity index (χ1n) is 6.18. The highest BCUT2D eigenvalue weighted by Gasteiger charge is 2.11. The molecule has 0 atom stereocenters. The topological polar surface area (TPSA) is 61.8 Å².